The summed E-state index contributed by atoms with van der Waals surface area (Å²) < 4.78 is 14.1. The second-order valence-corrected chi connectivity index (χ2v) is 4.85. The summed E-state index contributed by atoms with van der Waals surface area (Å²) in [7, 11) is 0. The van der Waals surface area contributed by atoms with Crippen molar-refractivity contribution in [3.8, 4) is 10.4 Å². The predicted octanol–water partition coefficient (Wildman–Crippen LogP) is 3.68. The Bertz CT molecular complexity index is 673. The van der Waals surface area contributed by atoms with E-state index in [9.17, 15) is 4.39 Å². The van der Waals surface area contributed by atoms with Gasteiger partial charge in [0, 0.05) is 21.3 Å². The van der Waals surface area contributed by atoms with Crippen LogP contribution in [-0.2, 0) is 0 Å². The molecular weight excluding hydrogens is 235 g/mol. The van der Waals surface area contributed by atoms with Gasteiger partial charge >= 0.3 is 0 Å². The number of pyridine rings is 1. The largest absolute Gasteiger partial charge is 0.384 e. The van der Waals surface area contributed by atoms with Crippen LogP contribution < -0.4 is 5.73 Å². The van der Waals surface area contributed by atoms with Crippen molar-refractivity contribution in [2.75, 3.05) is 5.73 Å². The summed E-state index contributed by atoms with van der Waals surface area (Å²) in [4.78, 5) is 5.12. The van der Waals surface area contributed by atoms with E-state index in [0.717, 1.165) is 20.5 Å². The molecule has 17 heavy (non-hydrogen) atoms. The molecule has 0 atom stereocenters. The fraction of sp³-hybridized carbons (Fsp3) is 0. The van der Waals surface area contributed by atoms with E-state index in [0.29, 0.717) is 5.82 Å². The molecule has 2 N–H and O–H groups in total. The molecule has 2 nitrogen and oxygen atoms in total. The van der Waals surface area contributed by atoms with Gasteiger partial charge in [-0.2, -0.15) is 0 Å². The van der Waals surface area contributed by atoms with Crippen molar-refractivity contribution in [2.45, 2.75) is 0 Å². The molecule has 0 spiro atoms. The molecule has 2 aromatic heterocycles. The van der Waals surface area contributed by atoms with Gasteiger partial charge in [0.05, 0.1) is 0 Å². The second-order valence-electron chi connectivity index (χ2n) is 3.76. The Labute approximate surface area is 102 Å². The molecule has 0 aliphatic heterocycles. The molecule has 2 heterocycles. The average molecular weight is 244 g/mol. The highest BCUT2D eigenvalue weighted by Gasteiger charge is 2.05. The van der Waals surface area contributed by atoms with Gasteiger partial charge in [-0.25, -0.2) is 9.37 Å². The number of nitrogens with zero attached hydrogens (tertiary/aromatic N) is 1. The molecule has 84 valence electrons. The van der Waals surface area contributed by atoms with Gasteiger partial charge in [-0.1, -0.05) is 0 Å². The van der Waals surface area contributed by atoms with E-state index >= 15 is 0 Å². The SMILES string of the molecule is Nc1ccc(-c2cc3cc(F)ccc3s2)cn1. The van der Waals surface area contributed by atoms with E-state index in [2.05, 4.69) is 4.98 Å². The van der Waals surface area contributed by atoms with Crippen LogP contribution in [0.2, 0.25) is 0 Å². The Morgan fingerprint density at radius 3 is 2.76 bits per heavy atom. The van der Waals surface area contributed by atoms with E-state index < -0.39 is 0 Å². The Kier molecular flexibility index (Phi) is 2.30. The van der Waals surface area contributed by atoms with Crippen LogP contribution in [0.25, 0.3) is 20.5 Å². The highest BCUT2D eigenvalue weighted by molar-refractivity contribution is 7.22. The molecule has 3 rings (SSSR count). The van der Waals surface area contributed by atoms with E-state index in [1.807, 2.05) is 12.1 Å². The summed E-state index contributed by atoms with van der Waals surface area (Å²) in [5.74, 6) is 0.290. The average Bonchev–Trinajstić information content (AvgIpc) is 2.72. The van der Waals surface area contributed by atoms with E-state index in [1.165, 1.54) is 6.07 Å². The van der Waals surface area contributed by atoms with Gasteiger partial charge in [-0.3, -0.25) is 0 Å². The molecular formula is C13H9FN2S. The van der Waals surface area contributed by atoms with Gasteiger partial charge in [0.25, 0.3) is 0 Å². The van der Waals surface area contributed by atoms with Gasteiger partial charge in [0.15, 0.2) is 0 Å². The van der Waals surface area contributed by atoms with E-state index in [4.69, 9.17) is 5.73 Å². The normalized spacial score (nSPS) is 10.9. The maximum atomic E-state index is 13.1. The van der Waals surface area contributed by atoms with E-state index in [-0.39, 0.29) is 5.82 Å². The number of rotatable bonds is 1. The number of thiophene rings is 1. The summed E-state index contributed by atoms with van der Waals surface area (Å²) in [6, 6.07) is 10.5. The van der Waals surface area contributed by atoms with Gasteiger partial charge in [0.1, 0.15) is 11.6 Å². The number of aromatic nitrogens is 1. The first kappa shape index (κ1) is 10.2. The molecule has 0 aliphatic rings. The standard InChI is InChI=1S/C13H9FN2S/c14-10-2-3-11-9(5-10)6-12(17-11)8-1-4-13(15)16-7-8/h1-7H,(H2,15,16). The molecule has 0 unspecified atom stereocenters. The highest BCUT2D eigenvalue weighted by atomic mass is 32.1. The van der Waals surface area contributed by atoms with Gasteiger partial charge in [0.2, 0.25) is 0 Å². The van der Waals surface area contributed by atoms with Crippen LogP contribution in [0.4, 0.5) is 10.2 Å². The van der Waals surface area contributed by atoms with Crippen LogP contribution in [0.3, 0.4) is 0 Å². The molecule has 0 fully saturated rings. The number of fused-ring (bicyclic) bond motifs is 1. The maximum Gasteiger partial charge on any atom is 0.123 e. The van der Waals surface area contributed by atoms with Gasteiger partial charge in [-0.05, 0) is 41.8 Å². The lowest BCUT2D eigenvalue weighted by atomic mass is 10.2. The van der Waals surface area contributed by atoms with Crippen LogP contribution >= 0.6 is 11.3 Å². The lowest BCUT2D eigenvalue weighted by Crippen LogP contribution is -1.87. The first-order valence-electron chi connectivity index (χ1n) is 5.13. The number of halogens is 1. The van der Waals surface area contributed by atoms with Crippen molar-refractivity contribution >= 4 is 27.2 Å². The smallest absolute Gasteiger partial charge is 0.123 e. The van der Waals surface area contributed by atoms with E-state index in [1.54, 1.807) is 35.7 Å². The lowest BCUT2D eigenvalue weighted by molar-refractivity contribution is 0.630. The Morgan fingerprint density at radius 2 is 2.00 bits per heavy atom. The minimum Gasteiger partial charge on any atom is -0.384 e. The number of benzene rings is 1. The van der Waals surface area contributed by atoms with Gasteiger partial charge < -0.3 is 5.73 Å². The van der Waals surface area contributed by atoms with Crippen molar-refractivity contribution < 1.29 is 4.39 Å². The topological polar surface area (TPSA) is 38.9 Å². The molecule has 0 radical (unpaired) electrons. The minimum atomic E-state index is -0.211. The number of nitrogen functional groups attached to an aromatic ring is 1. The zero-order chi connectivity index (χ0) is 11.8. The summed E-state index contributed by atoms with van der Waals surface area (Å²) >= 11 is 1.62. The molecule has 0 amide bonds. The third-order valence-electron chi connectivity index (χ3n) is 2.55. The third-order valence-corrected chi connectivity index (χ3v) is 3.71. The van der Waals surface area contributed by atoms with Crippen LogP contribution in [0.1, 0.15) is 0 Å². The Hall–Kier alpha value is -1.94. The summed E-state index contributed by atoms with van der Waals surface area (Å²) in [5.41, 5.74) is 6.54. The Morgan fingerprint density at radius 1 is 1.12 bits per heavy atom. The fourth-order valence-electron chi connectivity index (χ4n) is 1.71. The van der Waals surface area contributed by atoms with Crippen molar-refractivity contribution in [3.05, 3.63) is 48.4 Å². The number of hydrogen-bond acceptors (Lipinski definition) is 3. The lowest BCUT2D eigenvalue weighted by Gasteiger charge is -1.96. The first-order valence-corrected chi connectivity index (χ1v) is 5.95. The van der Waals surface area contributed by atoms with Crippen molar-refractivity contribution in [2.24, 2.45) is 0 Å². The van der Waals surface area contributed by atoms with Crippen molar-refractivity contribution in [1.29, 1.82) is 0 Å². The number of anilines is 1. The second kappa shape index (κ2) is 3.82. The molecule has 0 bridgehead atoms. The van der Waals surface area contributed by atoms with Crippen LogP contribution in [0.5, 0.6) is 0 Å². The molecule has 0 aliphatic carbocycles. The first-order chi connectivity index (χ1) is 8.22. The van der Waals surface area contributed by atoms with Crippen molar-refractivity contribution in [3.63, 3.8) is 0 Å². The fourth-order valence-corrected chi connectivity index (χ4v) is 2.74. The zero-order valence-electron chi connectivity index (χ0n) is 8.85. The maximum absolute atomic E-state index is 13.1. The summed E-state index contributed by atoms with van der Waals surface area (Å²) in [5, 5.41) is 0.918. The molecule has 0 saturated heterocycles. The number of nitrogens with two attached hydrogens (primary N) is 1. The third kappa shape index (κ3) is 1.87. The summed E-state index contributed by atoms with van der Waals surface area (Å²) in [6.07, 6.45) is 1.73. The van der Waals surface area contributed by atoms with Crippen molar-refractivity contribution in [1.82, 2.24) is 4.98 Å². The molecule has 0 saturated carbocycles. The highest BCUT2D eigenvalue weighted by Crippen LogP contribution is 2.33. The quantitative estimate of drug-likeness (QED) is 0.709. The minimum absolute atomic E-state index is 0.211. The van der Waals surface area contributed by atoms with Gasteiger partial charge in [-0.15, -0.1) is 11.3 Å². The molecule has 4 heteroatoms. The summed E-state index contributed by atoms with van der Waals surface area (Å²) in [6.45, 7) is 0. The van der Waals surface area contributed by atoms with Crippen LogP contribution in [-0.4, -0.2) is 4.98 Å². The Balaban J connectivity index is 2.14. The monoisotopic (exact) mass is 244 g/mol. The number of hydrogen-bond donors (Lipinski definition) is 1. The molecule has 1 aromatic carbocycles. The predicted molar refractivity (Wildman–Crippen MR) is 69.4 cm³/mol. The van der Waals surface area contributed by atoms with Crippen LogP contribution in [0, 0.1) is 5.82 Å². The van der Waals surface area contributed by atoms with Crippen LogP contribution in [0.15, 0.2) is 42.6 Å². The zero-order valence-corrected chi connectivity index (χ0v) is 9.67. The molecule has 3 aromatic rings.